The second-order valence-corrected chi connectivity index (χ2v) is 7.05. The Morgan fingerprint density at radius 3 is 2.79 bits per heavy atom. The molecule has 0 saturated carbocycles. The summed E-state index contributed by atoms with van der Waals surface area (Å²) in [7, 11) is 1.53. The lowest BCUT2D eigenvalue weighted by Crippen LogP contribution is -2.26. The van der Waals surface area contributed by atoms with Crippen molar-refractivity contribution in [2.24, 2.45) is 0 Å². The Morgan fingerprint density at radius 1 is 1.29 bits per heavy atom. The molecule has 1 aliphatic heterocycles. The van der Waals surface area contributed by atoms with Crippen LogP contribution in [0.5, 0.6) is 5.75 Å². The number of carbonyl (C=O) groups excluding carboxylic acids is 2. The van der Waals surface area contributed by atoms with Crippen LogP contribution in [0.25, 0.3) is 0 Å². The Morgan fingerprint density at radius 2 is 2.08 bits per heavy atom. The molecule has 0 aromatic heterocycles. The van der Waals surface area contributed by atoms with Crippen molar-refractivity contribution >= 4 is 46.6 Å². The molecule has 0 fully saturated rings. The van der Waals surface area contributed by atoms with Gasteiger partial charge in [-0.2, -0.15) is 0 Å². The van der Waals surface area contributed by atoms with Crippen LogP contribution in [0.15, 0.2) is 41.3 Å². The lowest BCUT2D eigenvalue weighted by molar-refractivity contribution is -0.115. The number of hydrogen-bond donors (Lipinski definition) is 2. The summed E-state index contributed by atoms with van der Waals surface area (Å²) in [4.78, 5) is 25.1. The summed E-state index contributed by atoms with van der Waals surface area (Å²) >= 11 is 7.53. The summed E-state index contributed by atoms with van der Waals surface area (Å²) in [5, 5.41) is 5.87. The van der Waals surface area contributed by atoms with Gasteiger partial charge in [0.05, 0.1) is 23.1 Å². The van der Waals surface area contributed by atoms with Crippen molar-refractivity contribution in [3.63, 3.8) is 0 Å². The highest BCUT2D eigenvalue weighted by Gasteiger charge is 2.23. The Kier molecular flexibility index (Phi) is 4.69. The monoisotopic (exact) mass is 362 g/mol. The lowest BCUT2D eigenvalue weighted by atomic mass is 10.1. The SMILES string of the molecule is COc1ccc(NC(=O)c2ccc3c(c2)NC(=O)[C@@H](C)S3)cc1Cl. The van der Waals surface area contributed by atoms with E-state index in [9.17, 15) is 9.59 Å². The maximum atomic E-state index is 12.4. The van der Waals surface area contributed by atoms with Gasteiger partial charge in [0.2, 0.25) is 5.91 Å². The van der Waals surface area contributed by atoms with E-state index in [0.29, 0.717) is 27.7 Å². The van der Waals surface area contributed by atoms with E-state index in [1.165, 1.54) is 18.9 Å². The summed E-state index contributed by atoms with van der Waals surface area (Å²) in [5.74, 6) is 0.196. The molecule has 0 aliphatic carbocycles. The van der Waals surface area contributed by atoms with Crippen LogP contribution >= 0.6 is 23.4 Å². The standard InChI is InChI=1S/C17H15ClN2O3S/c1-9-16(21)20-13-7-10(3-6-15(13)24-9)17(22)19-11-4-5-14(23-2)12(18)8-11/h3-9H,1-2H3,(H,19,22)(H,20,21)/t9-/m1/s1. The number of fused-ring (bicyclic) bond motifs is 1. The zero-order chi connectivity index (χ0) is 17.3. The zero-order valence-electron chi connectivity index (χ0n) is 13.1. The molecule has 0 bridgehead atoms. The van der Waals surface area contributed by atoms with Crippen molar-refractivity contribution in [1.82, 2.24) is 0 Å². The topological polar surface area (TPSA) is 67.4 Å². The molecule has 2 N–H and O–H groups in total. The van der Waals surface area contributed by atoms with E-state index in [2.05, 4.69) is 10.6 Å². The Labute approximate surface area is 148 Å². The number of amides is 2. The molecule has 1 atom stereocenters. The maximum Gasteiger partial charge on any atom is 0.255 e. The van der Waals surface area contributed by atoms with Gasteiger partial charge >= 0.3 is 0 Å². The highest BCUT2D eigenvalue weighted by molar-refractivity contribution is 8.00. The first-order valence-corrected chi connectivity index (χ1v) is 8.50. The van der Waals surface area contributed by atoms with Gasteiger partial charge in [0, 0.05) is 16.1 Å². The van der Waals surface area contributed by atoms with Gasteiger partial charge in [-0.3, -0.25) is 9.59 Å². The van der Waals surface area contributed by atoms with E-state index in [-0.39, 0.29) is 17.1 Å². The summed E-state index contributed by atoms with van der Waals surface area (Å²) in [5.41, 5.74) is 1.68. The van der Waals surface area contributed by atoms with Crippen molar-refractivity contribution < 1.29 is 14.3 Å². The molecule has 5 nitrogen and oxygen atoms in total. The van der Waals surface area contributed by atoms with Crippen molar-refractivity contribution in [2.75, 3.05) is 17.7 Å². The number of rotatable bonds is 3. The third-order valence-electron chi connectivity index (χ3n) is 3.58. The van der Waals surface area contributed by atoms with Gasteiger partial charge in [-0.15, -0.1) is 11.8 Å². The molecule has 0 radical (unpaired) electrons. The minimum absolute atomic E-state index is 0.0630. The fourth-order valence-corrected chi connectivity index (χ4v) is 3.49. The van der Waals surface area contributed by atoms with Crippen molar-refractivity contribution in [2.45, 2.75) is 17.1 Å². The molecule has 0 spiro atoms. The first kappa shape index (κ1) is 16.7. The third kappa shape index (κ3) is 3.34. The number of carbonyl (C=O) groups is 2. The van der Waals surface area contributed by atoms with Crippen LogP contribution < -0.4 is 15.4 Å². The van der Waals surface area contributed by atoms with Gasteiger partial charge in [-0.25, -0.2) is 0 Å². The Balaban J connectivity index is 1.80. The highest BCUT2D eigenvalue weighted by Crippen LogP contribution is 2.36. The Bertz CT molecular complexity index is 825. The van der Waals surface area contributed by atoms with Crippen LogP contribution in [0.1, 0.15) is 17.3 Å². The van der Waals surface area contributed by atoms with Crippen molar-refractivity contribution in [3.8, 4) is 5.75 Å². The van der Waals surface area contributed by atoms with E-state index >= 15 is 0 Å². The Hall–Kier alpha value is -2.18. The van der Waals surface area contributed by atoms with Crippen molar-refractivity contribution in [3.05, 3.63) is 47.0 Å². The van der Waals surface area contributed by atoms with Gasteiger partial charge in [-0.05, 0) is 43.3 Å². The molecule has 0 unspecified atom stereocenters. The molecule has 1 heterocycles. The summed E-state index contributed by atoms with van der Waals surface area (Å²) in [6.07, 6.45) is 0. The molecule has 24 heavy (non-hydrogen) atoms. The highest BCUT2D eigenvalue weighted by atomic mass is 35.5. The predicted octanol–water partition coefficient (Wildman–Crippen LogP) is 4.03. The van der Waals surface area contributed by atoms with Gasteiger partial charge in [0.15, 0.2) is 0 Å². The van der Waals surface area contributed by atoms with Gasteiger partial charge in [0.1, 0.15) is 5.75 Å². The molecule has 2 amide bonds. The van der Waals surface area contributed by atoms with Gasteiger partial charge in [0.25, 0.3) is 5.91 Å². The van der Waals surface area contributed by atoms with Crippen molar-refractivity contribution in [1.29, 1.82) is 0 Å². The fraction of sp³-hybridized carbons (Fsp3) is 0.176. The number of thioether (sulfide) groups is 1. The minimum Gasteiger partial charge on any atom is -0.495 e. The number of halogens is 1. The zero-order valence-corrected chi connectivity index (χ0v) is 14.6. The molecule has 124 valence electrons. The fourth-order valence-electron chi connectivity index (χ4n) is 2.30. The minimum atomic E-state index is -0.281. The lowest BCUT2D eigenvalue weighted by Gasteiger charge is -2.21. The van der Waals surface area contributed by atoms with Crippen LogP contribution in [0.2, 0.25) is 5.02 Å². The van der Waals surface area contributed by atoms with Gasteiger partial charge < -0.3 is 15.4 Å². The third-order valence-corrected chi connectivity index (χ3v) is 5.06. The van der Waals surface area contributed by atoms with E-state index in [0.717, 1.165) is 4.90 Å². The molecule has 1 aliphatic rings. The molecular formula is C17H15ClN2O3S. The van der Waals surface area contributed by atoms with E-state index < -0.39 is 0 Å². The maximum absolute atomic E-state index is 12.4. The van der Waals surface area contributed by atoms with Crippen LogP contribution in [-0.2, 0) is 4.79 Å². The second-order valence-electron chi connectivity index (χ2n) is 5.26. The smallest absolute Gasteiger partial charge is 0.255 e. The molecule has 7 heteroatoms. The average Bonchev–Trinajstić information content (AvgIpc) is 2.55. The molecule has 2 aromatic carbocycles. The largest absolute Gasteiger partial charge is 0.495 e. The van der Waals surface area contributed by atoms with Gasteiger partial charge in [-0.1, -0.05) is 11.6 Å². The molecule has 3 rings (SSSR count). The van der Waals surface area contributed by atoms with E-state index in [4.69, 9.17) is 16.3 Å². The number of methoxy groups -OCH3 is 1. The number of ether oxygens (including phenoxy) is 1. The number of nitrogens with one attached hydrogen (secondary N) is 2. The first-order chi connectivity index (χ1) is 11.5. The summed E-state index contributed by atoms with van der Waals surface area (Å²) < 4.78 is 5.08. The number of anilines is 2. The van der Waals surface area contributed by atoms with Crippen LogP contribution in [0, 0.1) is 0 Å². The average molecular weight is 363 g/mol. The molecular weight excluding hydrogens is 348 g/mol. The quantitative estimate of drug-likeness (QED) is 0.864. The van der Waals surface area contributed by atoms with E-state index in [1.54, 1.807) is 30.3 Å². The van der Waals surface area contributed by atoms with E-state index in [1.807, 2.05) is 13.0 Å². The van der Waals surface area contributed by atoms with Crippen LogP contribution in [-0.4, -0.2) is 24.2 Å². The normalized spacial score (nSPS) is 16.1. The predicted molar refractivity (Wildman–Crippen MR) is 96.3 cm³/mol. The molecule has 2 aromatic rings. The summed E-state index contributed by atoms with van der Waals surface area (Å²) in [6, 6.07) is 10.3. The second kappa shape index (κ2) is 6.75. The number of benzene rings is 2. The molecule has 0 saturated heterocycles. The first-order valence-electron chi connectivity index (χ1n) is 7.24. The summed E-state index contributed by atoms with van der Waals surface area (Å²) in [6.45, 7) is 1.84. The van der Waals surface area contributed by atoms with Crippen LogP contribution in [0.4, 0.5) is 11.4 Å². The van der Waals surface area contributed by atoms with Crippen LogP contribution in [0.3, 0.4) is 0 Å². The number of hydrogen-bond acceptors (Lipinski definition) is 4.